The summed E-state index contributed by atoms with van der Waals surface area (Å²) in [6.07, 6.45) is 1.71. The van der Waals surface area contributed by atoms with Gasteiger partial charge in [0.15, 0.2) is 9.84 Å². The molecule has 1 aliphatic heterocycles. The summed E-state index contributed by atoms with van der Waals surface area (Å²) in [6.45, 7) is 2.74. The summed E-state index contributed by atoms with van der Waals surface area (Å²) in [4.78, 5) is 0. The lowest BCUT2D eigenvalue weighted by Gasteiger charge is -2.09. The van der Waals surface area contributed by atoms with Crippen LogP contribution >= 0.6 is 0 Å². The van der Waals surface area contributed by atoms with Crippen LogP contribution in [0.4, 0.5) is 0 Å². The van der Waals surface area contributed by atoms with Crippen molar-refractivity contribution < 1.29 is 8.42 Å². The van der Waals surface area contributed by atoms with Crippen LogP contribution in [-0.2, 0) is 16.4 Å². The number of hydrogen-bond acceptors (Lipinski definition) is 3. The Labute approximate surface area is 96.1 Å². The lowest BCUT2D eigenvalue weighted by molar-refractivity contribution is 0.590. The fraction of sp³-hybridized carbons (Fsp3) is 0.333. The van der Waals surface area contributed by atoms with Crippen molar-refractivity contribution in [3.8, 4) is 0 Å². The quantitative estimate of drug-likeness (QED) is 0.864. The van der Waals surface area contributed by atoms with E-state index < -0.39 is 9.84 Å². The minimum Gasteiger partial charge on any atom is -0.305 e. The van der Waals surface area contributed by atoms with E-state index in [1.54, 1.807) is 6.08 Å². The summed E-state index contributed by atoms with van der Waals surface area (Å²) in [7, 11) is -2.95. The number of benzene rings is 1. The number of hydrogen-bond donors (Lipinski definition) is 1. The average Bonchev–Trinajstić information content (AvgIpc) is 2.58. The van der Waals surface area contributed by atoms with E-state index in [1.165, 1.54) is 16.5 Å². The zero-order chi connectivity index (χ0) is 11.6. The van der Waals surface area contributed by atoms with Crippen LogP contribution in [-0.4, -0.2) is 20.2 Å². The highest BCUT2D eigenvalue weighted by atomic mass is 32.2. The average molecular weight is 237 g/mol. The highest BCUT2D eigenvalue weighted by Crippen LogP contribution is 2.09. The second kappa shape index (κ2) is 4.39. The number of aryl methyl sites for hydroxylation is 1. The second-order valence-electron chi connectivity index (χ2n) is 4.13. The molecule has 1 aromatic rings. The first-order chi connectivity index (χ1) is 7.55. The van der Waals surface area contributed by atoms with Crippen LogP contribution in [0.1, 0.15) is 11.1 Å². The summed E-state index contributed by atoms with van der Waals surface area (Å²) < 4.78 is 22.3. The molecular formula is C12H15NO2S. The van der Waals surface area contributed by atoms with E-state index >= 15 is 0 Å². The van der Waals surface area contributed by atoms with Crippen molar-refractivity contribution in [1.82, 2.24) is 5.32 Å². The standard InChI is InChI=1S/C12H15NO2S/c1-10-2-4-11(5-3-10)8-13-12-6-7-16(14,15)9-12/h2-7,12-13H,8-9H2,1H3/t12-/m1/s1. The van der Waals surface area contributed by atoms with Crippen LogP contribution in [0, 0.1) is 6.92 Å². The zero-order valence-corrected chi connectivity index (χ0v) is 10.00. The van der Waals surface area contributed by atoms with E-state index in [-0.39, 0.29) is 11.8 Å². The van der Waals surface area contributed by atoms with E-state index in [2.05, 4.69) is 29.6 Å². The van der Waals surface area contributed by atoms with Gasteiger partial charge in [0.25, 0.3) is 0 Å². The molecule has 4 heteroatoms. The normalized spacial score (nSPS) is 22.4. The molecule has 0 saturated heterocycles. The summed E-state index contributed by atoms with van der Waals surface area (Å²) in [6, 6.07) is 8.16. The molecule has 0 bridgehead atoms. The summed E-state index contributed by atoms with van der Waals surface area (Å²) >= 11 is 0. The van der Waals surface area contributed by atoms with Crippen LogP contribution in [0.3, 0.4) is 0 Å². The Balaban J connectivity index is 1.89. The van der Waals surface area contributed by atoms with Crippen LogP contribution in [0.15, 0.2) is 35.7 Å². The van der Waals surface area contributed by atoms with Crippen molar-refractivity contribution in [3.63, 3.8) is 0 Å². The SMILES string of the molecule is Cc1ccc(CN[C@@H]2C=CS(=O)(=O)C2)cc1. The summed E-state index contributed by atoms with van der Waals surface area (Å²) in [5, 5.41) is 4.50. The van der Waals surface area contributed by atoms with Gasteiger partial charge in [-0.1, -0.05) is 35.9 Å². The Morgan fingerprint density at radius 2 is 2.00 bits per heavy atom. The van der Waals surface area contributed by atoms with Gasteiger partial charge in [-0.15, -0.1) is 0 Å². The Morgan fingerprint density at radius 1 is 1.31 bits per heavy atom. The lowest BCUT2D eigenvalue weighted by Crippen LogP contribution is -2.29. The first-order valence-electron chi connectivity index (χ1n) is 5.25. The topological polar surface area (TPSA) is 46.2 Å². The molecule has 0 fully saturated rings. The Bertz CT molecular complexity index is 488. The minimum absolute atomic E-state index is 0.0497. The molecule has 2 rings (SSSR count). The van der Waals surface area contributed by atoms with Crippen molar-refractivity contribution in [2.75, 3.05) is 5.75 Å². The highest BCUT2D eigenvalue weighted by Gasteiger charge is 2.20. The molecule has 0 spiro atoms. The maximum atomic E-state index is 11.2. The highest BCUT2D eigenvalue weighted by molar-refractivity contribution is 7.94. The molecule has 16 heavy (non-hydrogen) atoms. The maximum Gasteiger partial charge on any atom is 0.173 e. The summed E-state index contributed by atoms with van der Waals surface area (Å²) in [5.41, 5.74) is 2.40. The maximum absolute atomic E-state index is 11.2. The third-order valence-corrected chi connectivity index (χ3v) is 4.01. The smallest absolute Gasteiger partial charge is 0.173 e. The van der Waals surface area contributed by atoms with E-state index in [4.69, 9.17) is 0 Å². The molecule has 1 N–H and O–H groups in total. The van der Waals surface area contributed by atoms with E-state index in [9.17, 15) is 8.42 Å². The van der Waals surface area contributed by atoms with Crippen molar-refractivity contribution in [1.29, 1.82) is 0 Å². The van der Waals surface area contributed by atoms with Crippen molar-refractivity contribution in [3.05, 3.63) is 46.9 Å². The number of nitrogens with one attached hydrogen (secondary N) is 1. The molecule has 1 aromatic carbocycles. The second-order valence-corrected chi connectivity index (χ2v) is 6.06. The molecule has 0 aromatic heterocycles. The molecule has 1 atom stereocenters. The monoisotopic (exact) mass is 237 g/mol. The van der Waals surface area contributed by atoms with E-state index in [1.807, 2.05) is 6.92 Å². The van der Waals surface area contributed by atoms with Gasteiger partial charge in [0.05, 0.1) is 5.75 Å². The van der Waals surface area contributed by atoms with E-state index in [0.717, 1.165) is 0 Å². The molecule has 0 radical (unpaired) electrons. The Hall–Kier alpha value is -1.13. The molecule has 86 valence electrons. The van der Waals surface area contributed by atoms with Gasteiger partial charge < -0.3 is 5.32 Å². The Kier molecular flexibility index (Phi) is 3.12. The Morgan fingerprint density at radius 3 is 2.56 bits per heavy atom. The third kappa shape index (κ3) is 2.93. The molecule has 1 heterocycles. The van der Waals surface area contributed by atoms with Crippen molar-refractivity contribution >= 4 is 9.84 Å². The van der Waals surface area contributed by atoms with Gasteiger partial charge in [-0.05, 0) is 12.5 Å². The van der Waals surface area contributed by atoms with Crippen LogP contribution in [0.25, 0.3) is 0 Å². The molecular weight excluding hydrogens is 222 g/mol. The number of rotatable bonds is 3. The fourth-order valence-electron chi connectivity index (χ4n) is 1.66. The first-order valence-corrected chi connectivity index (χ1v) is 6.97. The van der Waals surface area contributed by atoms with E-state index in [0.29, 0.717) is 6.54 Å². The van der Waals surface area contributed by atoms with Gasteiger partial charge in [0.1, 0.15) is 0 Å². The van der Waals surface area contributed by atoms with Gasteiger partial charge in [0, 0.05) is 18.0 Å². The van der Waals surface area contributed by atoms with Crippen molar-refractivity contribution in [2.45, 2.75) is 19.5 Å². The minimum atomic E-state index is -2.95. The van der Waals surface area contributed by atoms with Gasteiger partial charge in [0.2, 0.25) is 0 Å². The van der Waals surface area contributed by atoms with Gasteiger partial charge in [-0.3, -0.25) is 0 Å². The lowest BCUT2D eigenvalue weighted by atomic mass is 10.1. The molecule has 0 amide bonds. The zero-order valence-electron chi connectivity index (χ0n) is 9.18. The van der Waals surface area contributed by atoms with Gasteiger partial charge in [-0.25, -0.2) is 8.42 Å². The van der Waals surface area contributed by atoms with Crippen LogP contribution in [0.2, 0.25) is 0 Å². The van der Waals surface area contributed by atoms with Gasteiger partial charge in [-0.2, -0.15) is 0 Å². The fourth-order valence-corrected chi connectivity index (χ4v) is 2.93. The third-order valence-electron chi connectivity index (χ3n) is 2.62. The molecule has 0 aliphatic carbocycles. The predicted molar refractivity (Wildman–Crippen MR) is 64.7 cm³/mol. The molecule has 3 nitrogen and oxygen atoms in total. The van der Waals surface area contributed by atoms with Crippen LogP contribution in [0.5, 0.6) is 0 Å². The molecule has 1 aliphatic rings. The largest absolute Gasteiger partial charge is 0.305 e. The first kappa shape index (κ1) is 11.4. The van der Waals surface area contributed by atoms with Crippen molar-refractivity contribution in [2.24, 2.45) is 0 Å². The van der Waals surface area contributed by atoms with Crippen LogP contribution < -0.4 is 5.32 Å². The van der Waals surface area contributed by atoms with Gasteiger partial charge >= 0.3 is 0 Å². The predicted octanol–water partition coefficient (Wildman–Crippen LogP) is 1.40. The molecule has 0 unspecified atom stereocenters. The summed E-state index contributed by atoms with van der Waals surface area (Å²) in [5.74, 6) is 0.179. The molecule has 0 saturated carbocycles. The number of sulfone groups is 1.